The molecule has 0 saturated heterocycles. The Morgan fingerprint density at radius 3 is 2.73 bits per heavy atom. The quantitative estimate of drug-likeness (QED) is 0.613. The number of aromatic hydroxyl groups is 1. The van der Waals surface area contributed by atoms with Gasteiger partial charge in [0, 0.05) is 16.3 Å². The van der Waals surface area contributed by atoms with E-state index in [1.165, 1.54) is 18.2 Å². The maximum atomic E-state index is 13.3. The van der Waals surface area contributed by atoms with Gasteiger partial charge in [-0.25, -0.2) is 0 Å². The summed E-state index contributed by atoms with van der Waals surface area (Å²) >= 11 is 5.82. The maximum Gasteiger partial charge on any atom is 0.435 e. The van der Waals surface area contributed by atoms with Crippen LogP contribution in [-0.4, -0.2) is 20.8 Å². The van der Waals surface area contributed by atoms with Crippen LogP contribution in [0.15, 0.2) is 18.2 Å². The number of alkyl halides is 3. The number of amides is 1. The molecule has 0 fully saturated rings. The van der Waals surface area contributed by atoms with Crippen LogP contribution in [-0.2, 0) is 30.4 Å². The molecule has 1 amide bonds. The number of aromatic nitrogens is 2. The Kier molecular flexibility index (Phi) is 5.13. The van der Waals surface area contributed by atoms with Gasteiger partial charge in [-0.3, -0.25) is 9.48 Å². The first-order valence-corrected chi connectivity index (χ1v) is 8.57. The number of rotatable bonds is 3. The third-order valence-corrected chi connectivity index (χ3v) is 4.54. The highest BCUT2D eigenvalue weighted by molar-refractivity contribution is 6.31. The molecule has 2 N–H and O–H groups in total. The van der Waals surface area contributed by atoms with Crippen LogP contribution in [0.25, 0.3) is 0 Å². The molecule has 0 atom stereocenters. The molecular formula is C17H17ClF3N3O2. The van der Waals surface area contributed by atoms with E-state index < -0.39 is 17.8 Å². The van der Waals surface area contributed by atoms with Crippen LogP contribution in [0.1, 0.15) is 36.2 Å². The fraction of sp³-hybridized carbons (Fsp3) is 0.412. The lowest BCUT2D eigenvalue weighted by atomic mass is 10.1. The van der Waals surface area contributed by atoms with Gasteiger partial charge in [0.15, 0.2) is 5.69 Å². The standard InChI is InChI=1S/C17H17ClF3N3O2/c18-10-6-7-14(25)12(8-10)22-15(26)9-24-13-5-3-1-2-4-11(13)16(23-24)17(19,20)21/h6-8,25H,1-5,9H2,(H,22,26). The minimum absolute atomic E-state index is 0.0943. The van der Waals surface area contributed by atoms with E-state index in [1.54, 1.807) is 0 Å². The van der Waals surface area contributed by atoms with Crippen LogP contribution in [0.2, 0.25) is 5.02 Å². The molecule has 0 bridgehead atoms. The Morgan fingerprint density at radius 1 is 1.27 bits per heavy atom. The van der Waals surface area contributed by atoms with E-state index in [4.69, 9.17) is 11.6 Å². The number of anilines is 1. The maximum absolute atomic E-state index is 13.3. The predicted octanol–water partition coefficient (Wildman–Crippen LogP) is 4.17. The number of benzene rings is 1. The second kappa shape index (κ2) is 7.19. The van der Waals surface area contributed by atoms with E-state index in [9.17, 15) is 23.1 Å². The Labute approximate surface area is 152 Å². The number of hydrogen-bond acceptors (Lipinski definition) is 3. The molecule has 5 nitrogen and oxygen atoms in total. The lowest BCUT2D eigenvalue weighted by Crippen LogP contribution is -2.21. The SMILES string of the molecule is O=C(Cn1nc(C(F)(F)F)c2c1CCCCC2)Nc1cc(Cl)ccc1O. The molecule has 0 aliphatic heterocycles. The summed E-state index contributed by atoms with van der Waals surface area (Å²) in [6.45, 7) is -0.371. The van der Waals surface area contributed by atoms with E-state index in [0.717, 1.165) is 17.5 Å². The number of nitrogens with zero attached hydrogens (tertiary/aromatic N) is 2. The minimum atomic E-state index is -4.55. The van der Waals surface area contributed by atoms with Gasteiger partial charge in [0.2, 0.25) is 5.91 Å². The highest BCUT2D eigenvalue weighted by Crippen LogP contribution is 2.35. The summed E-state index contributed by atoms with van der Waals surface area (Å²) in [5.41, 5.74) is -0.168. The molecule has 0 radical (unpaired) electrons. The van der Waals surface area contributed by atoms with Crippen LogP contribution >= 0.6 is 11.6 Å². The van der Waals surface area contributed by atoms with Crippen LogP contribution in [0.4, 0.5) is 18.9 Å². The molecule has 140 valence electrons. The Hall–Kier alpha value is -2.22. The van der Waals surface area contributed by atoms with Crippen molar-refractivity contribution in [2.24, 2.45) is 0 Å². The first kappa shape index (κ1) is 18.6. The monoisotopic (exact) mass is 387 g/mol. The normalized spacial score (nSPS) is 14.6. The van der Waals surface area contributed by atoms with Crippen molar-refractivity contribution < 1.29 is 23.1 Å². The van der Waals surface area contributed by atoms with E-state index in [0.29, 0.717) is 30.0 Å². The Balaban J connectivity index is 1.86. The summed E-state index contributed by atoms with van der Waals surface area (Å²) in [5.74, 6) is -0.774. The number of carbonyl (C=O) groups is 1. The molecular weight excluding hydrogens is 371 g/mol. The van der Waals surface area contributed by atoms with E-state index in [2.05, 4.69) is 10.4 Å². The molecule has 0 spiro atoms. The second-order valence-electron chi connectivity index (χ2n) is 6.20. The largest absolute Gasteiger partial charge is 0.506 e. The molecule has 1 aliphatic carbocycles. The summed E-state index contributed by atoms with van der Waals surface area (Å²) in [5, 5.41) is 16.2. The first-order valence-electron chi connectivity index (χ1n) is 8.20. The van der Waals surface area contributed by atoms with Gasteiger partial charge in [0.05, 0.1) is 5.69 Å². The van der Waals surface area contributed by atoms with Crippen molar-refractivity contribution in [1.82, 2.24) is 9.78 Å². The van der Waals surface area contributed by atoms with Gasteiger partial charge < -0.3 is 10.4 Å². The van der Waals surface area contributed by atoms with E-state index in [-0.39, 0.29) is 23.5 Å². The van der Waals surface area contributed by atoms with E-state index >= 15 is 0 Å². The van der Waals surface area contributed by atoms with E-state index in [1.807, 2.05) is 0 Å². The van der Waals surface area contributed by atoms with Crippen molar-refractivity contribution in [2.45, 2.75) is 44.8 Å². The zero-order valence-corrected chi connectivity index (χ0v) is 14.5. The number of fused-ring (bicyclic) bond motifs is 1. The third kappa shape index (κ3) is 3.95. The number of halogens is 4. The van der Waals surface area contributed by atoms with Crippen molar-refractivity contribution in [3.05, 3.63) is 40.2 Å². The minimum Gasteiger partial charge on any atom is -0.506 e. The zero-order chi connectivity index (χ0) is 18.9. The predicted molar refractivity (Wildman–Crippen MR) is 90.2 cm³/mol. The number of carbonyl (C=O) groups excluding carboxylic acids is 1. The number of phenols is 1. The van der Waals surface area contributed by atoms with Gasteiger partial charge in [-0.15, -0.1) is 0 Å². The summed E-state index contributed by atoms with van der Waals surface area (Å²) in [4.78, 5) is 12.3. The van der Waals surface area contributed by atoms with Gasteiger partial charge in [0.25, 0.3) is 0 Å². The molecule has 1 aliphatic rings. The molecule has 1 aromatic carbocycles. The van der Waals surface area contributed by atoms with Crippen molar-refractivity contribution in [1.29, 1.82) is 0 Å². The second-order valence-corrected chi connectivity index (χ2v) is 6.64. The zero-order valence-electron chi connectivity index (χ0n) is 13.7. The van der Waals surface area contributed by atoms with Gasteiger partial charge in [0.1, 0.15) is 12.3 Å². The lowest BCUT2D eigenvalue weighted by molar-refractivity contribution is -0.142. The van der Waals surface area contributed by atoms with Crippen molar-refractivity contribution in [2.75, 3.05) is 5.32 Å². The van der Waals surface area contributed by atoms with Gasteiger partial charge in [-0.2, -0.15) is 18.3 Å². The van der Waals surface area contributed by atoms with Crippen LogP contribution in [0.3, 0.4) is 0 Å². The average molecular weight is 388 g/mol. The fourth-order valence-electron chi connectivity index (χ4n) is 3.14. The molecule has 26 heavy (non-hydrogen) atoms. The first-order chi connectivity index (χ1) is 12.3. The molecule has 2 aromatic rings. The third-order valence-electron chi connectivity index (χ3n) is 4.30. The number of hydrogen-bond donors (Lipinski definition) is 2. The fourth-order valence-corrected chi connectivity index (χ4v) is 3.31. The summed E-state index contributed by atoms with van der Waals surface area (Å²) < 4.78 is 41.0. The summed E-state index contributed by atoms with van der Waals surface area (Å²) in [7, 11) is 0. The summed E-state index contributed by atoms with van der Waals surface area (Å²) in [6.07, 6.45) is -1.53. The Morgan fingerprint density at radius 2 is 2.00 bits per heavy atom. The highest BCUT2D eigenvalue weighted by atomic mass is 35.5. The van der Waals surface area contributed by atoms with Crippen LogP contribution in [0.5, 0.6) is 5.75 Å². The summed E-state index contributed by atoms with van der Waals surface area (Å²) in [6, 6.07) is 4.13. The van der Waals surface area contributed by atoms with Gasteiger partial charge >= 0.3 is 6.18 Å². The van der Waals surface area contributed by atoms with Crippen molar-refractivity contribution in [3.63, 3.8) is 0 Å². The molecule has 0 saturated carbocycles. The van der Waals surface area contributed by atoms with Crippen molar-refractivity contribution in [3.8, 4) is 5.75 Å². The highest BCUT2D eigenvalue weighted by Gasteiger charge is 2.39. The molecule has 1 aromatic heterocycles. The van der Waals surface area contributed by atoms with Crippen molar-refractivity contribution >= 4 is 23.2 Å². The van der Waals surface area contributed by atoms with Crippen LogP contribution < -0.4 is 5.32 Å². The molecule has 9 heteroatoms. The lowest BCUT2D eigenvalue weighted by Gasteiger charge is -2.10. The van der Waals surface area contributed by atoms with Gasteiger partial charge in [-0.05, 0) is 43.9 Å². The Bertz CT molecular complexity index is 833. The molecule has 0 unspecified atom stereocenters. The van der Waals surface area contributed by atoms with Crippen LogP contribution in [0, 0.1) is 0 Å². The topological polar surface area (TPSA) is 67.2 Å². The molecule has 3 rings (SSSR count). The number of nitrogens with one attached hydrogen (secondary N) is 1. The smallest absolute Gasteiger partial charge is 0.435 e. The number of phenolic OH excluding ortho intramolecular Hbond substituents is 1. The average Bonchev–Trinajstić information content (AvgIpc) is 2.74. The molecule has 1 heterocycles. The van der Waals surface area contributed by atoms with Gasteiger partial charge in [-0.1, -0.05) is 18.0 Å².